The van der Waals surface area contributed by atoms with Crippen molar-refractivity contribution in [2.75, 3.05) is 26.7 Å². The van der Waals surface area contributed by atoms with Crippen LogP contribution in [0.2, 0.25) is 0 Å². The summed E-state index contributed by atoms with van der Waals surface area (Å²) >= 11 is 0. The fourth-order valence-corrected chi connectivity index (χ4v) is 3.94. The molecule has 0 radical (unpaired) electrons. The van der Waals surface area contributed by atoms with Gasteiger partial charge in [0.2, 0.25) is 0 Å². The van der Waals surface area contributed by atoms with Crippen LogP contribution in [0.5, 0.6) is 0 Å². The van der Waals surface area contributed by atoms with Crippen molar-refractivity contribution >= 4 is 17.6 Å². The van der Waals surface area contributed by atoms with Crippen molar-refractivity contribution in [3.05, 3.63) is 58.9 Å². The zero-order chi connectivity index (χ0) is 21.1. The minimum Gasteiger partial charge on any atom is -0.356 e. The maximum atomic E-state index is 12.9. The molecule has 7 nitrogen and oxygen atoms in total. The van der Waals surface area contributed by atoms with Crippen LogP contribution in [0.3, 0.4) is 0 Å². The Balaban J connectivity index is 1.39. The number of carbonyl (C=O) groups is 3. The molecule has 0 unspecified atom stereocenters. The van der Waals surface area contributed by atoms with E-state index in [1.54, 1.807) is 19.3 Å². The largest absolute Gasteiger partial charge is 0.356 e. The highest BCUT2D eigenvalue weighted by Crippen LogP contribution is 2.28. The van der Waals surface area contributed by atoms with E-state index >= 15 is 0 Å². The molecule has 0 spiro atoms. The number of aromatic amines is 1. The Kier molecular flexibility index (Phi) is 5.99. The maximum Gasteiger partial charge on any atom is 0.270 e. The van der Waals surface area contributed by atoms with Gasteiger partial charge in [0.05, 0.1) is 6.54 Å². The smallest absolute Gasteiger partial charge is 0.270 e. The number of hydrogen-bond donors (Lipinski definition) is 2. The molecule has 1 aromatic heterocycles. The van der Waals surface area contributed by atoms with Crippen molar-refractivity contribution in [2.24, 2.45) is 0 Å². The van der Waals surface area contributed by atoms with Crippen LogP contribution in [0.15, 0.2) is 36.5 Å². The molecule has 1 saturated heterocycles. The van der Waals surface area contributed by atoms with Crippen LogP contribution in [0.25, 0.3) is 0 Å². The van der Waals surface area contributed by atoms with Crippen LogP contribution in [-0.2, 0) is 6.54 Å². The number of nitrogens with zero attached hydrogens (tertiary/aromatic N) is 2. The molecule has 2 amide bonds. The number of aromatic nitrogens is 1. The summed E-state index contributed by atoms with van der Waals surface area (Å²) in [5.41, 5.74) is 2.74. The highest BCUT2D eigenvalue weighted by Gasteiger charge is 2.31. The SMILES string of the molecule is CNC(=O)c1ccc(CN(CC(=O)c2c[nH]c(C(=O)N3CCCC3)c2)C2CC2)cc1. The molecule has 1 aliphatic carbocycles. The molecule has 4 rings (SSSR count). The highest BCUT2D eigenvalue weighted by atomic mass is 16.2. The molecular weight excluding hydrogens is 380 g/mol. The summed E-state index contributed by atoms with van der Waals surface area (Å²) in [6.45, 7) is 2.55. The summed E-state index contributed by atoms with van der Waals surface area (Å²) in [5, 5.41) is 2.62. The molecule has 7 heteroatoms. The number of nitrogens with one attached hydrogen (secondary N) is 2. The topological polar surface area (TPSA) is 85.5 Å². The second-order valence-electron chi connectivity index (χ2n) is 8.14. The first-order chi connectivity index (χ1) is 14.5. The molecule has 2 aliphatic rings. The van der Waals surface area contributed by atoms with E-state index in [9.17, 15) is 14.4 Å². The quantitative estimate of drug-likeness (QED) is 0.657. The predicted octanol–water partition coefficient (Wildman–Crippen LogP) is 2.46. The molecule has 2 N–H and O–H groups in total. The summed E-state index contributed by atoms with van der Waals surface area (Å²) in [7, 11) is 1.61. The minimum atomic E-state index is -0.109. The van der Waals surface area contributed by atoms with Gasteiger partial charge in [-0.1, -0.05) is 12.1 Å². The molecule has 0 atom stereocenters. The predicted molar refractivity (Wildman–Crippen MR) is 114 cm³/mol. The number of benzene rings is 1. The molecule has 2 heterocycles. The van der Waals surface area contributed by atoms with Crippen molar-refractivity contribution in [1.82, 2.24) is 20.1 Å². The maximum absolute atomic E-state index is 12.9. The van der Waals surface area contributed by atoms with E-state index in [0.717, 1.165) is 44.3 Å². The van der Waals surface area contributed by atoms with Crippen LogP contribution in [0.4, 0.5) is 0 Å². The Morgan fingerprint density at radius 1 is 1.10 bits per heavy atom. The first kappa shape index (κ1) is 20.3. The van der Waals surface area contributed by atoms with E-state index in [-0.39, 0.29) is 17.6 Å². The van der Waals surface area contributed by atoms with Gasteiger partial charge < -0.3 is 15.2 Å². The van der Waals surface area contributed by atoms with Gasteiger partial charge in [-0.25, -0.2) is 0 Å². The summed E-state index contributed by atoms with van der Waals surface area (Å²) in [6, 6.07) is 9.59. The van der Waals surface area contributed by atoms with Gasteiger partial charge in [0.25, 0.3) is 11.8 Å². The third-order valence-electron chi connectivity index (χ3n) is 5.87. The average Bonchev–Trinajstić information content (AvgIpc) is 3.25. The lowest BCUT2D eigenvalue weighted by Crippen LogP contribution is -2.31. The fourth-order valence-electron chi connectivity index (χ4n) is 3.94. The highest BCUT2D eigenvalue weighted by molar-refractivity contribution is 6.01. The van der Waals surface area contributed by atoms with Crippen LogP contribution in [0, 0.1) is 0 Å². The molecule has 1 aliphatic heterocycles. The van der Waals surface area contributed by atoms with Gasteiger partial charge in [-0.05, 0) is 49.4 Å². The lowest BCUT2D eigenvalue weighted by atomic mass is 10.1. The van der Waals surface area contributed by atoms with Gasteiger partial charge in [-0.3, -0.25) is 19.3 Å². The summed E-state index contributed by atoms with van der Waals surface area (Å²) < 4.78 is 0. The molecule has 158 valence electrons. The summed E-state index contributed by atoms with van der Waals surface area (Å²) in [4.78, 5) is 44.1. The van der Waals surface area contributed by atoms with E-state index in [4.69, 9.17) is 0 Å². The lowest BCUT2D eigenvalue weighted by molar-refractivity contribution is 0.0787. The van der Waals surface area contributed by atoms with E-state index < -0.39 is 0 Å². The number of H-pyrrole nitrogens is 1. The minimum absolute atomic E-state index is 0.0144. The molecule has 30 heavy (non-hydrogen) atoms. The number of Topliss-reactive ketones (excluding diaryl/α,β-unsaturated/α-hetero) is 1. The second kappa shape index (κ2) is 8.83. The monoisotopic (exact) mass is 408 g/mol. The summed E-state index contributed by atoms with van der Waals surface area (Å²) in [5.74, 6) is -0.120. The van der Waals surface area contributed by atoms with Crippen LogP contribution in [-0.4, -0.2) is 65.1 Å². The first-order valence-corrected chi connectivity index (χ1v) is 10.6. The van der Waals surface area contributed by atoms with Gasteiger partial charge in [-0.15, -0.1) is 0 Å². The standard InChI is InChI=1S/C23H28N4O3/c1-24-22(29)17-6-4-16(5-7-17)14-27(19-8-9-19)15-21(28)18-12-20(25-13-18)23(30)26-10-2-3-11-26/h4-7,12-13,19,25H,2-3,8-11,14-15H2,1H3,(H,24,29). The molecule has 1 aromatic carbocycles. The normalized spacial score (nSPS) is 16.1. The third kappa shape index (κ3) is 4.62. The molecule has 0 bridgehead atoms. The molecular formula is C23H28N4O3. The van der Waals surface area contributed by atoms with Crippen LogP contribution in [0.1, 0.15) is 62.5 Å². The molecule has 1 saturated carbocycles. The zero-order valence-corrected chi connectivity index (χ0v) is 17.3. The van der Waals surface area contributed by atoms with E-state index in [0.29, 0.717) is 36.0 Å². The molecule has 2 fully saturated rings. The Morgan fingerprint density at radius 3 is 2.43 bits per heavy atom. The molecule has 2 aromatic rings. The van der Waals surface area contributed by atoms with Gasteiger partial charge in [0, 0.05) is 50.0 Å². The Hall–Kier alpha value is -2.93. The van der Waals surface area contributed by atoms with Gasteiger partial charge in [-0.2, -0.15) is 0 Å². The number of ketones is 1. The van der Waals surface area contributed by atoms with Crippen molar-refractivity contribution in [3.8, 4) is 0 Å². The lowest BCUT2D eigenvalue weighted by Gasteiger charge is -2.21. The van der Waals surface area contributed by atoms with Gasteiger partial charge in [0.15, 0.2) is 5.78 Å². The Morgan fingerprint density at radius 2 is 1.80 bits per heavy atom. The van der Waals surface area contributed by atoms with Gasteiger partial charge in [0.1, 0.15) is 5.69 Å². The average molecular weight is 409 g/mol. The van der Waals surface area contributed by atoms with Crippen LogP contribution < -0.4 is 5.32 Å². The Bertz CT molecular complexity index is 924. The number of hydrogen-bond acceptors (Lipinski definition) is 4. The van der Waals surface area contributed by atoms with Crippen molar-refractivity contribution in [2.45, 2.75) is 38.3 Å². The van der Waals surface area contributed by atoms with Crippen molar-refractivity contribution < 1.29 is 14.4 Å². The zero-order valence-electron chi connectivity index (χ0n) is 17.3. The third-order valence-corrected chi connectivity index (χ3v) is 5.87. The summed E-state index contributed by atoms with van der Waals surface area (Å²) in [6.07, 6.45) is 5.91. The number of rotatable bonds is 8. The van der Waals surface area contributed by atoms with Crippen molar-refractivity contribution in [3.63, 3.8) is 0 Å². The number of carbonyl (C=O) groups excluding carboxylic acids is 3. The second-order valence-corrected chi connectivity index (χ2v) is 8.14. The van der Waals surface area contributed by atoms with Crippen LogP contribution >= 0.6 is 0 Å². The number of amides is 2. The van der Waals surface area contributed by atoms with Crippen molar-refractivity contribution in [1.29, 1.82) is 0 Å². The van der Waals surface area contributed by atoms with E-state index in [2.05, 4.69) is 15.2 Å². The Labute approximate surface area is 176 Å². The van der Waals surface area contributed by atoms with Gasteiger partial charge >= 0.3 is 0 Å². The fraction of sp³-hybridized carbons (Fsp3) is 0.435. The number of likely N-dealkylation sites (tertiary alicyclic amines) is 1. The van der Waals surface area contributed by atoms with E-state index in [1.165, 1.54) is 0 Å². The first-order valence-electron chi connectivity index (χ1n) is 10.6. The van der Waals surface area contributed by atoms with E-state index in [1.807, 2.05) is 29.2 Å².